The van der Waals surface area contributed by atoms with Crippen molar-refractivity contribution in [3.8, 4) is 0 Å². The summed E-state index contributed by atoms with van der Waals surface area (Å²) in [5.74, 6) is -5.68. The van der Waals surface area contributed by atoms with Crippen molar-refractivity contribution in [3.05, 3.63) is 0 Å². The molecule has 4 saturated carbocycles. The molecule has 0 radical (unpaired) electrons. The molecule has 6 amide bonds. The number of carboxylic acid groups (broad SMARTS) is 1. The van der Waals surface area contributed by atoms with Gasteiger partial charge in [-0.3, -0.25) is 28.8 Å². The Morgan fingerprint density at radius 1 is 0.548 bits per heavy atom. The third-order valence-corrected chi connectivity index (χ3v) is 15.5. The molecule has 5 N–H and O–H groups in total. The number of hydrogen-bond acceptors (Lipinski definition) is 13. The Morgan fingerprint density at radius 3 is 1.15 bits per heavy atom. The molecule has 73 heavy (non-hydrogen) atoms. The molecule has 0 bridgehead atoms. The minimum Gasteiger partial charge on any atom is -0.475 e. The Morgan fingerprint density at radius 2 is 0.877 bits per heavy atom. The first kappa shape index (κ1) is 58.6. The van der Waals surface area contributed by atoms with Gasteiger partial charge in [0.2, 0.25) is 23.6 Å². The molecule has 10 atom stereocenters. The highest BCUT2D eigenvalue weighted by Gasteiger charge is 2.71. The summed E-state index contributed by atoms with van der Waals surface area (Å²) in [6.45, 7) is 30.3. The number of likely N-dealkylation sites (tertiary alicyclic amines) is 2. The van der Waals surface area contributed by atoms with E-state index in [-0.39, 0.29) is 58.7 Å². The molecule has 2 heterocycles. The second kappa shape index (κ2) is 20.8. The average Bonchev–Trinajstić information content (AvgIpc) is 4.21. The summed E-state index contributed by atoms with van der Waals surface area (Å²) in [6.07, 6.45) is 2.88. The lowest BCUT2D eigenvalue weighted by atomic mass is 9.85. The number of ether oxygens (including phenoxy) is 3. The lowest BCUT2D eigenvalue weighted by molar-refractivity contribution is -0.153. The zero-order valence-corrected chi connectivity index (χ0v) is 46.2. The maximum Gasteiger partial charge on any atom is 0.408 e. The average molecular weight is 1030 g/mol. The van der Waals surface area contributed by atoms with E-state index in [1.165, 1.54) is 9.80 Å². The fourth-order valence-electron chi connectivity index (χ4n) is 10.8. The number of carbonyl (C=O) groups excluding carboxylic acids is 9. The molecule has 0 aromatic heterocycles. The van der Waals surface area contributed by atoms with Crippen molar-refractivity contribution in [1.29, 1.82) is 0 Å². The van der Waals surface area contributed by atoms with Crippen LogP contribution in [0, 0.1) is 57.2 Å². The van der Waals surface area contributed by atoms with E-state index >= 15 is 0 Å². The van der Waals surface area contributed by atoms with Crippen LogP contribution in [0.15, 0.2) is 0 Å². The zero-order chi connectivity index (χ0) is 55.5. The highest BCUT2D eigenvalue weighted by atomic mass is 16.6. The topological polar surface area (TPSA) is 273 Å². The number of fused-ring (bicyclic) bond motifs is 2. The largest absolute Gasteiger partial charge is 0.475 e. The predicted octanol–water partition coefficient (Wildman–Crippen LogP) is 4.78. The fourth-order valence-corrected chi connectivity index (χ4v) is 10.8. The highest BCUT2D eigenvalue weighted by Crippen LogP contribution is 2.66. The number of ketones is 2. The van der Waals surface area contributed by atoms with Crippen molar-refractivity contribution in [2.45, 2.75) is 197 Å². The molecule has 6 unspecified atom stereocenters. The van der Waals surface area contributed by atoms with Gasteiger partial charge in [0, 0.05) is 13.1 Å². The number of piperidine rings is 2. The van der Waals surface area contributed by atoms with Gasteiger partial charge in [0.1, 0.15) is 35.4 Å². The monoisotopic (exact) mass is 1030 g/mol. The second-order valence-electron chi connectivity index (χ2n) is 26.7. The Balaban J connectivity index is 0.000000271. The molecule has 0 aromatic carbocycles. The summed E-state index contributed by atoms with van der Waals surface area (Å²) in [6, 6.07) is -5.68. The molecular weight excluding hydrogens is 945 g/mol. The van der Waals surface area contributed by atoms with Gasteiger partial charge in [-0.15, -0.1) is 0 Å². The minimum absolute atomic E-state index is 0.0894. The minimum atomic E-state index is -1.58. The highest BCUT2D eigenvalue weighted by molar-refractivity contribution is 6.36. The van der Waals surface area contributed by atoms with Crippen molar-refractivity contribution in [2.24, 2.45) is 57.2 Å². The van der Waals surface area contributed by atoms with E-state index in [1.807, 2.05) is 55.4 Å². The molecule has 4 aliphatic carbocycles. The number of aliphatic carboxylic acids is 1. The fraction of sp³-hybridized carbons (Fsp3) is 0.811. The lowest BCUT2D eigenvalue weighted by Crippen LogP contribution is -2.60. The number of hydrogen-bond donors (Lipinski definition) is 5. The number of carbonyl (C=O) groups is 10. The molecule has 20 heteroatoms. The second-order valence-corrected chi connectivity index (χ2v) is 26.7. The molecule has 20 nitrogen and oxygen atoms in total. The maximum absolute atomic E-state index is 13.9. The molecule has 2 saturated heterocycles. The summed E-state index contributed by atoms with van der Waals surface area (Å²) < 4.78 is 15.4. The number of nitrogens with zero attached hydrogens (tertiary/aromatic N) is 2. The van der Waals surface area contributed by atoms with E-state index in [9.17, 15) is 53.1 Å². The molecule has 6 aliphatic rings. The smallest absolute Gasteiger partial charge is 0.408 e. The van der Waals surface area contributed by atoms with Crippen LogP contribution in [-0.4, -0.2) is 142 Å². The van der Waals surface area contributed by atoms with Crippen LogP contribution < -0.4 is 21.3 Å². The summed E-state index contributed by atoms with van der Waals surface area (Å²) in [5.41, 5.74) is -3.13. The van der Waals surface area contributed by atoms with Gasteiger partial charge in [-0.2, -0.15) is 0 Å². The third-order valence-electron chi connectivity index (χ3n) is 15.5. The molecule has 6 rings (SSSR count). The first-order valence-electron chi connectivity index (χ1n) is 25.8. The van der Waals surface area contributed by atoms with E-state index in [1.54, 1.807) is 41.5 Å². The normalized spacial score (nSPS) is 26.1. The van der Waals surface area contributed by atoms with Crippen LogP contribution in [0.25, 0.3) is 0 Å². The van der Waals surface area contributed by atoms with Gasteiger partial charge >= 0.3 is 24.1 Å². The number of methoxy groups -OCH3 is 1. The van der Waals surface area contributed by atoms with Crippen LogP contribution in [-0.2, 0) is 52.6 Å². The molecule has 0 aromatic rings. The molecule has 0 spiro atoms. The van der Waals surface area contributed by atoms with Gasteiger partial charge in [0.05, 0.1) is 19.2 Å². The van der Waals surface area contributed by atoms with Crippen molar-refractivity contribution in [2.75, 3.05) is 20.2 Å². The van der Waals surface area contributed by atoms with Gasteiger partial charge in [-0.1, -0.05) is 94.9 Å². The van der Waals surface area contributed by atoms with Gasteiger partial charge in [0.15, 0.2) is 0 Å². The van der Waals surface area contributed by atoms with Crippen LogP contribution in [0.1, 0.15) is 149 Å². The standard InChI is InChI=1S/C27H43N3O7.C26H41N3O7/c1-25(2,3)20(29-24(35)37-26(4,5)6)22(33)30-13-15-17(27(15,7)8)18(30)21(32)28-16(12-14-10-11-14)19(31)23(34)36-9;1-24(2,3)19(28-23(35)36-25(4,5)6)21(32)29-12-14-16(26(14,7)8)17(29)20(31)27-15(11-13-9-10-13)18(30)22(33)34/h14-18,20H,10-13H2,1-9H3,(H,28,32)(H,29,35);13-17,19H,9-12H2,1-8H3,(H,27,31)(H,28,35)(H,33,34)/t15-,16?,17?,18-,20?;14-,15?,16?,17-,19?/m00/s1. The Hall–Kier alpha value is -5.30. The zero-order valence-electron chi connectivity index (χ0n) is 46.2. The van der Waals surface area contributed by atoms with E-state index in [0.717, 1.165) is 32.8 Å². The predicted molar refractivity (Wildman–Crippen MR) is 266 cm³/mol. The number of nitrogens with one attached hydrogen (secondary N) is 4. The molecular formula is C53H84N6O14. The van der Waals surface area contributed by atoms with Crippen LogP contribution in [0.4, 0.5) is 9.59 Å². The number of alkyl carbamates (subject to hydrolysis) is 2. The van der Waals surface area contributed by atoms with Crippen molar-refractivity contribution < 1.29 is 67.3 Å². The lowest BCUT2D eigenvalue weighted by Gasteiger charge is -2.38. The Labute approximate surface area is 430 Å². The summed E-state index contributed by atoms with van der Waals surface area (Å²) in [5, 5.41) is 20.1. The third kappa shape index (κ3) is 14.1. The Kier molecular flexibility index (Phi) is 16.7. The maximum atomic E-state index is 13.9. The quantitative estimate of drug-likeness (QED) is 0.0791. The van der Waals surface area contributed by atoms with Gasteiger partial charge in [0.25, 0.3) is 11.6 Å². The van der Waals surface area contributed by atoms with Gasteiger partial charge < -0.3 is 50.4 Å². The molecule has 6 fully saturated rings. The SMILES string of the molecule is CC(C)(C)OC(=O)NC(C(=O)N1C[C@H]2C([C@H]1C(=O)NC(CC1CC1)C(=O)C(=O)O)C2(C)C)C(C)(C)C.COC(=O)C(=O)C(CC1CC1)NC(=O)[C@@H]1C2[C@H](CN1C(=O)C(NC(=O)OC(C)(C)C)C(C)(C)C)C2(C)C. The van der Waals surface area contributed by atoms with E-state index in [0.29, 0.717) is 19.5 Å². The number of rotatable bonds is 16. The summed E-state index contributed by atoms with van der Waals surface area (Å²) >= 11 is 0. The number of Topliss-reactive ketones (excluding diaryl/α,β-unsaturated/α-hetero) is 2. The van der Waals surface area contributed by atoms with Crippen molar-refractivity contribution in [3.63, 3.8) is 0 Å². The Bertz CT molecular complexity index is 2210. The van der Waals surface area contributed by atoms with E-state index in [4.69, 9.17) is 9.47 Å². The van der Waals surface area contributed by atoms with Crippen LogP contribution in [0.3, 0.4) is 0 Å². The van der Waals surface area contributed by atoms with Gasteiger partial charge in [-0.25, -0.2) is 19.2 Å². The number of carboxylic acids is 1. The molecule has 410 valence electrons. The summed E-state index contributed by atoms with van der Waals surface area (Å²) in [7, 11) is 1.13. The van der Waals surface area contributed by atoms with Gasteiger partial charge in [-0.05, 0) is 112 Å². The first-order chi connectivity index (χ1) is 33.2. The number of amides is 6. The first-order valence-corrected chi connectivity index (χ1v) is 25.8. The van der Waals surface area contributed by atoms with Crippen molar-refractivity contribution in [1.82, 2.24) is 31.1 Å². The van der Waals surface area contributed by atoms with Crippen LogP contribution in [0.5, 0.6) is 0 Å². The number of esters is 1. The molecule has 2 aliphatic heterocycles. The summed E-state index contributed by atoms with van der Waals surface area (Å²) in [4.78, 5) is 131. The van der Waals surface area contributed by atoms with Crippen LogP contribution >= 0.6 is 0 Å². The van der Waals surface area contributed by atoms with Crippen molar-refractivity contribution >= 4 is 59.3 Å². The van der Waals surface area contributed by atoms with Crippen LogP contribution in [0.2, 0.25) is 0 Å². The van der Waals surface area contributed by atoms with E-state index in [2.05, 4.69) is 39.9 Å². The van der Waals surface area contributed by atoms with E-state index < -0.39 is 112 Å².